The summed E-state index contributed by atoms with van der Waals surface area (Å²) in [5.74, 6) is 2.48. The van der Waals surface area contributed by atoms with E-state index in [0.717, 1.165) is 24.8 Å². The minimum Gasteiger partial charge on any atom is -0.233 e. The molecule has 0 heterocycles. The van der Waals surface area contributed by atoms with Crippen LogP contribution < -0.4 is 0 Å². The van der Waals surface area contributed by atoms with Gasteiger partial charge in [-0.25, -0.2) is 4.79 Å². The fourth-order valence-electron chi connectivity index (χ4n) is 2.84. The van der Waals surface area contributed by atoms with Crippen molar-refractivity contribution in [2.75, 3.05) is 0 Å². The monoisotopic (exact) mass is 242 g/mol. The quantitative estimate of drug-likeness (QED) is 0.617. The molecule has 18 heavy (non-hydrogen) atoms. The zero-order valence-corrected chi connectivity index (χ0v) is 11.0. The fraction of sp³-hybridized carbons (Fsp3) is 0.529. The van der Waals surface area contributed by atoms with Gasteiger partial charge in [0, 0.05) is 11.5 Å². The van der Waals surface area contributed by atoms with Gasteiger partial charge >= 0.3 is 0 Å². The van der Waals surface area contributed by atoms with E-state index in [1.54, 1.807) is 0 Å². The van der Waals surface area contributed by atoms with Gasteiger partial charge in [-0.15, -0.1) is 0 Å². The van der Waals surface area contributed by atoms with Crippen molar-refractivity contribution in [1.29, 1.82) is 0 Å². The van der Waals surface area contributed by atoms with Gasteiger partial charge in [0.15, 0.2) is 0 Å². The van der Waals surface area contributed by atoms with E-state index in [2.05, 4.69) is 30.2 Å². The molecule has 1 unspecified atom stereocenters. The summed E-state index contributed by atoms with van der Waals surface area (Å²) in [6.45, 7) is 0. The first-order chi connectivity index (χ1) is 8.92. The van der Waals surface area contributed by atoms with E-state index >= 15 is 0 Å². The lowest BCUT2D eigenvalue weighted by molar-refractivity contribution is 0.539. The van der Waals surface area contributed by atoms with Gasteiger partial charge in [-0.1, -0.05) is 42.4 Å². The molecule has 0 aromatic heterocycles. The van der Waals surface area contributed by atoms with Gasteiger partial charge in [0.25, 0.3) is 0 Å². The second-order valence-corrected chi connectivity index (χ2v) is 5.21. The summed E-state index contributed by atoms with van der Waals surface area (Å²) in [7, 11) is 0. The highest BCUT2D eigenvalue weighted by molar-refractivity contribution is 5.60. The number of allylic oxidation sites excluding steroid dienone is 7. The van der Waals surface area contributed by atoms with Gasteiger partial charge in [-0.05, 0) is 44.9 Å². The molecule has 0 amide bonds. The smallest absolute Gasteiger partial charge is 0.128 e. The molecule has 2 aliphatic rings. The summed E-state index contributed by atoms with van der Waals surface area (Å²) in [6.07, 6.45) is 20.2. The highest BCUT2D eigenvalue weighted by atomic mass is 16.1. The van der Waals surface area contributed by atoms with Crippen LogP contribution in [0.3, 0.4) is 0 Å². The lowest BCUT2D eigenvalue weighted by Crippen LogP contribution is -2.09. The van der Waals surface area contributed by atoms with Crippen LogP contribution in [0, 0.1) is 5.92 Å². The molecule has 0 fully saturated rings. The molecule has 0 N–H and O–H groups in total. The SMILES string of the molecule is O=C=C1/C=C\CCCCC1/C1=C/C=CCCCC1. The lowest BCUT2D eigenvalue weighted by Gasteiger charge is -2.22. The first-order valence-corrected chi connectivity index (χ1v) is 7.19. The van der Waals surface area contributed by atoms with Crippen LogP contribution >= 0.6 is 0 Å². The van der Waals surface area contributed by atoms with Crippen LogP contribution in [0.15, 0.2) is 41.5 Å². The fourth-order valence-corrected chi connectivity index (χ4v) is 2.84. The summed E-state index contributed by atoms with van der Waals surface area (Å²) in [6, 6.07) is 0. The van der Waals surface area contributed by atoms with Gasteiger partial charge < -0.3 is 0 Å². The van der Waals surface area contributed by atoms with Crippen LogP contribution in [0.5, 0.6) is 0 Å². The van der Waals surface area contributed by atoms with Gasteiger partial charge in [0.05, 0.1) is 0 Å². The van der Waals surface area contributed by atoms with Crippen molar-refractivity contribution in [2.24, 2.45) is 5.92 Å². The van der Waals surface area contributed by atoms with E-state index in [4.69, 9.17) is 0 Å². The normalized spacial score (nSPS) is 30.1. The molecule has 2 rings (SSSR count). The first-order valence-electron chi connectivity index (χ1n) is 7.19. The van der Waals surface area contributed by atoms with E-state index in [1.165, 1.54) is 37.7 Å². The molecular formula is C17H22O. The molecule has 1 heteroatoms. The van der Waals surface area contributed by atoms with Gasteiger partial charge in [0.2, 0.25) is 0 Å². The number of rotatable bonds is 1. The summed E-state index contributed by atoms with van der Waals surface area (Å²) in [4.78, 5) is 11.2. The third-order valence-corrected chi connectivity index (χ3v) is 3.88. The van der Waals surface area contributed by atoms with Gasteiger partial charge in [0.1, 0.15) is 5.94 Å². The molecule has 0 bridgehead atoms. The molecule has 0 saturated carbocycles. The van der Waals surface area contributed by atoms with Crippen LogP contribution in [-0.2, 0) is 4.79 Å². The second-order valence-electron chi connectivity index (χ2n) is 5.21. The highest BCUT2D eigenvalue weighted by Gasteiger charge is 2.19. The Bertz CT molecular complexity index is 405. The Kier molecular flexibility index (Phi) is 5.23. The molecule has 0 saturated heterocycles. The van der Waals surface area contributed by atoms with E-state index in [9.17, 15) is 4.79 Å². The molecule has 1 nitrogen and oxygen atoms in total. The van der Waals surface area contributed by atoms with Crippen LogP contribution in [0.4, 0.5) is 0 Å². The molecule has 0 aromatic carbocycles. The van der Waals surface area contributed by atoms with E-state index in [-0.39, 0.29) is 0 Å². The van der Waals surface area contributed by atoms with Gasteiger partial charge in [-0.2, -0.15) is 0 Å². The Morgan fingerprint density at radius 3 is 2.78 bits per heavy atom. The molecule has 0 aliphatic heterocycles. The minimum atomic E-state index is 0.307. The van der Waals surface area contributed by atoms with Crippen molar-refractivity contribution in [2.45, 2.75) is 51.4 Å². The predicted molar refractivity (Wildman–Crippen MR) is 76.0 cm³/mol. The largest absolute Gasteiger partial charge is 0.233 e. The first kappa shape index (κ1) is 13.1. The van der Waals surface area contributed by atoms with Crippen LogP contribution in [0.1, 0.15) is 51.4 Å². The second kappa shape index (κ2) is 7.18. The maximum Gasteiger partial charge on any atom is 0.128 e. The zero-order chi connectivity index (χ0) is 12.6. The number of hydrogen-bond donors (Lipinski definition) is 0. The third-order valence-electron chi connectivity index (χ3n) is 3.88. The lowest BCUT2D eigenvalue weighted by atomic mass is 9.82. The van der Waals surface area contributed by atoms with Crippen LogP contribution in [0.2, 0.25) is 0 Å². The molecule has 2 aliphatic carbocycles. The highest BCUT2D eigenvalue weighted by Crippen LogP contribution is 2.32. The molecule has 0 radical (unpaired) electrons. The predicted octanol–water partition coefficient (Wildman–Crippen LogP) is 4.55. The summed E-state index contributed by atoms with van der Waals surface area (Å²) < 4.78 is 0. The standard InChI is InChI=1S/C17H22O/c18-14-16-12-8-4-5-9-13-17(16)15-10-6-2-1-3-7-11-15/h2,6,8,10,12,17H,1,3-5,7,9,11,13H2/b6-2?,12-8-,15-10+. The zero-order valence-electron chi connectivity index (χ0n) is 11.0. The van der Waals surface area contributed by atoms with E-state index in [1.807, 2.05) is 6.08 Å². The summed E-state index contributed by atoms with van der Waals surface area (Å²) >= 11 is 0. The van der Waals surface area contributed by atoms with Crippen molar-refractivity contribution >= 4 is 5.94 Å². The van der Waals surface area contributed by atoms with Gasteiger partial charge in [-0.3, -0.25) is 0 Å². The summed E-state index contributed by atoms with van der Waals surface area (Å²) in [5.41, 5.74) is 2.28. The van der Waals surface area contributed by atoms with Crippen LogP contribution in [-0.4, -0.2) is 5.94 Å². The molecule has 0 spiro atoms. The average Bonchev–Trinajstić information content (AvgIpc) is 2.30. The maximum absolute atomic E-state index is 11.2. The Morgan fingerprint density at radius 2 is 1.89 bits per heavy atom. The number of hydrogen-bond acceptors (Lipinski definition) is 1. The maximum atomic E-state index is 11.2. The van der Waals surface area contributed by atoms with Crippen LogP contribution in [0.25, 0.3) is 0 Å². The Labute approximate surface area is 110 Å². The average molecular weight is 242 g/mol. The minimum absolute atomic E-state index is 0.307. The van der Waals surface area contributed by atoms with E-state index in [0.29, 0.717) is 5.92 Å². The van der Waals surface area contributed by atoms with Crippen molar-refractivity contribution in [3.8, 4) is 0 Å². The Balaban J connectivity index is 2.23. The third kappa shape index (κ3) is 3.58. The molecular weight excluding hydrogens is 220 g/mol. The van der Waals surface area contributed by atoms with Crippen molar-refractivity contribution in [3.05, 3.63) is 41.5 Å². The topological polar surface area (TPSA) is 17.1 Å². The Hall–Kier alpha value is -1.33. The van der Waals surface area contributed by atoms with Crippen molar-refractivity contribution in [3.63, 3.8) is 0 Å². The van der Waals surface area contributed by atoms with E-state index < -0.39 is 0 Å². The molecule has 0 aromatic rings. The Morgan fingerprint density at radius 1 is 1.06 bits per heavy atom. The number of carbonyl (C=O) groups excluding carboxylic acids is 1. The van der Waals surface area contributed by atoms with Crippen molar-refractivity contribution < 1.29 is 4.79 Å². The molecule has 1 atom stereocenters. The summed E-state index contributed by atoms with van der Waals surface area (Å²) in [5, 5.41) is 0. The van der Waals surface area contributed by atoms with Crippen molar-refractivity contribution in [1.82, 2.24) is 0 Å². The molecule has 96 valence electrons.